The third-order valence-corrected chi connectivity index (χ3v) is 6.41. The van der Waals surface area contributed by atoms with Gasteiger partial charge in [0.15, 0.2) is 5.82 Å². The lowest BCUT2D eigenvalue weighted by Crippen LogP contribution is -2.49. The number of hydrogen-bond acceptors (Lipinski definition) is 5. The zero-order valence-electron chi connectivity index (χ0n) is 17.3. The maximum absolute atomic E-state index is 14.1. The van der Waals surface area contributed by atoms with Crippen LogP contribution in [0.25, 0.3) is 11.5 Å². The van der Waals surface area contributed by atoms with Gasteiger partial charge in [-0.1, -0.05) is 36.2 Å². The van der Waals surface area contributed by atoms with Crippen LogP contribution in [-0.2, 0) is 16.6 Å². The molecule has 31 heavy (non-hydrogen) atoms. The molecule has 1 aromatic carbocycles. The molecule has 1 amide bonds. The Bertz CT molecular complexity index is 1070. The van der Waals surface area contributed by atoms with Gasteiger partial charge in [0.25, 0.3) is 5.89 Å². The minimum atomic E-state index is -0.337. The standard InChI is InChI=1S/C24H25FN4O2/c25-20-7-2-1-5-18(20)13-21(30)29-12-4-10-24(16-29,14-17-8-9-17)23-27-22(31-28-23)19-6-3-11-26-15-19/h1-3,5-7,11,15,17H,4,8-10,12-14,16H2. The van der Waals surface area contributed by atoms with Crippen molar-refractivity contribution in [3.8, 4) is 11.5 Å². The summed E-state index contributed by atoms with van der Waals surface area (Å²) in [5.74, 6) is 1.37. The van der Waals surface area contributed by atoms with Crippen molar-refractivity contribution in [2.75, 3.05) is 13.1 Å². The molecule has 2 aromatic heterocycles. The first-order valence-electron chi connectivity index (χ1n) is 10.9. The second kappa shape index (κ2) is 8.21. The smallest absolute Gasteiger partial charge is 0.259 e. The van der Waals surface area contributed by atoms with E-state index in [-0.39, 0.29) is 23.6 Å². The Hall–Kier alpha value is -3.09. The summed E-state index contributed by atoms with van der Waals surface area (Å²) in [6.07, 6.45) is 8.62. The number of piperidine rings is 1. The Morgan fingerprint density at radius 1 is 1.23 bits per heavy atom. The number of amides is 1. The summed E-state index contributed by atoms with van der Waals surface area (Å²) < 4.78 is 19.7. The summed E-state index contributed by atoms with van der Waals surface area (Å²) in [6, 6.07) is 10.2. The van der Waals surface area contributed by atoms with Gasteiger partial charge >= 0.3 is 0 Å². The van der Waals surface area contributed by atoms with Crippen LogP contribution in [0.15, 0.2) is 53.3 Å². The Labute approximate surface area is 180 Å². The highest BCUT2D eigenvalue weighted by Gasteiger charge is 2.45. The zero-order chi connectivity index (χ0) is 21.3. The van der Waals surface area contributed by atoms with Gasteiger partial charge < -0.3 is 9.42 Å². The molecule has 0 N–H and O–H groups in total. The highest BCUT2D eigenvalue weighted by atomic mass is 19.1. The van der Waals surface area contributed by atoms with E-state index in [0.717, 1.165) is 24.8 Å². The van der Waals surface area contributed by atoms with Crippen LogP contribution in [0.1, 0.15) is 43.5 Å². The van der Waals surface area contributed by atoms with Gasteiger partial charge in [-0.15, -0.1) is 0 Å². The molecule has 1 unspecified atom stereocenters. The van der Waals surface area contributed by atoms with Crippen LogP contribution in [0, 0.1) is 11.7 Å². The Morgan fingerprint density at radius 2 is 2.10 bits per heavy atom. The van der Waals surface area contributed by atoms with E-state index in [2.05, 4.69) is 10.1 Å². The van der Waals surface area contributed by atoms with E-state index >= 15 is 0 Å². The number of halogens is 1. The van der Waals surface area contributed by atoms with Crippen molar-refractivity contribution >= 4 is 5.91 Å². The molecular weight excluding hydrogens is 395 g/mol. The Morgan fingerprint density at radius 3 is 2.87 bits per heavy atom. The lowest BCUT2D eigenvalue weighted by Gasteiger charge is -2.41. The van der Waals surface area contributed by atoms with Crippen LogP contribution in [-0.4, -0.2) is 39.0 Å². The molecule has 0 radical (unpaired) electrons. The maximum atomic E-state index is 14.1. The van der Waals surface area contributed by atoms with Crippen LogP contribution in [0.2, 0.25) is 0 Å². The molecule has 1 aliphatic heterocycles. The lowest BCUT2D eigenvalue weighted by molar-refractivity contribution is -0.133. The quantitative estimate of drug-likeness (QED) is 0.598. The molecule has 1 atom stereocenters. The summed E-state index contributed by atoms with van der Waals surface area (Å²) in [7, 11) is 0. The number of hydrogen-bond donors (Lipinski definition) is 0. The third-order valence-electron chi connectivity index (χ3n) is 6.41. The highest BCUT2D eigenvalue weighted by molar-refractivity contribution is 5.79. The number of carbonyl (C=O) groups excluding carboxylic acids is 1. The summed E-state index contributed by atoms with van der Waals surface area (Å²) >= 11 is 0. The fraction of sp³-hybridized carbons (Fsp3) is 0.417. The highest BCUT2D eigenvalue weighted by Crippen LogP contribution is 2.46. The summed E-state index contributed by atoms with van der Waals surface area (Å²) in [6.45, 7) is 1.22. The van der Waals surface area contributed by atoms with Crippen molar-refractivity contribution in [3.05, 3.63) is 66.0 Å². The minimum absolute atomic E-state index is 0.0547. The molecule has 160 valence electrons. The van der Waals surface area contributed by atoms with Gasteiger partial charge in [-0.05, 0) is 48.9 Å². The van der Waals surface area contributed by atoms with Crippen molar-refractivity contribution in [1.29, 1.82) is 0 Å². The van der Waals surface area contributed by atoms with Gasteiger partial charge in [-0.3, -0.25) is 9.78 Å². The predicted molar refractivity (Wildman–Crippen MR) is 112 cm³/mol. The molecule has 1 aliphatic carbocycles. The predicted octanol–water partition coefficient (Wildman–Crippen LogP) is 4.17. The fourth-order valence-electron chi connectivity index (χ4n) is 4.62. The second-order valence-electron chi connectivity index (χ2n) is 8.78. The van der Waals surface area contributed by atoms with Crippen LogP contribution >= 0.6 is 0 Å². The average molecular weight is 420 g/mol. The van der Waals surface area contributed by atoms with Crippen molar-refractivity contribution in [2.45, 2.75) is 43.9 Å². The molecule has 5 rings (SSSR count). The van der Waals surface area contributed by atoms with E-state index in [0.29, 0.717) is 36.3 Å². The normalized spacial score (nSPS) is 21.3. The molecule has 2 aliphatic rings. The van der Waals surface area contributed by atoms with Crippen LogP contribution in [0.3, 0.4) is 0 Å². The number of likely N-dealkylation sites (tertiary alicyclic amines) is 1. The first kappa shape index (κ1) is 19.8. The van der Waals surface area contributed by atoms with Crippen molar-refractivity contribution in [2.24, 2.45) is 5.92 Å². The molecule has 1 saturated heterocycles. The number of pyridine rings is 1. The van der Waals surface area contributed by atoms with Gasteiger partial charge in [0, 0.05) is 25.5 Å². The molecule has 6 nitrogen and oxygen atoms in total. The number of aromatic nitrogens is 3. The van der Waals surface area contributed by atoms with Crippen molar-refractivity contribution in [1.82, 2.24) is 20.0 Å². The van der Waals surface area contributed by atoms with Crippen molar-refractivity contribution < 1.29 is 13.7 Å². The average Bonchev–Trinajstić information content (AvgIpc) is 3.46. The second-order valence-corrected chi connectivity index (χ2v) is 8.78. The molecule has 3 aromatic rings. The van der Waals surface area contributed by atoms with Gasteiger partial charge in [-0.2, -0.15) is 4.98 Å². The number of benzene rings is 1. The molecule has 0 bridgehead atoms. The zero-order valence-corrected chi connectivity index (χ0v) is 17.3. The van der Waals surface area contributed by atoms with E-state index in [1.165, 1.54) is 18.9 Å². The van der Waals surface area contributed by atoms with Crippen LogP contribution in [0.4, 0.5) is 4.39 Å². The molecule has 2 fully saturated rings. The van der Waals surface area contributed by atoms with Crippen molar-refractivity contribution in [3.63, 3.8) is 0 Å². The van der Waals surface area contributed by atoms with Gasteiger partial charge in [0.05, 0.1) is 17.4 Å². The third kappa shape index (κ3) is 4.22. The van der Waals surface area contributed by atoms with Gasteiger partial charge in [-0.25, -0.2) is 4.39 Å². The molecule has 7 heteroatoms. The molecule has 0 spiro atoms. The monoisotopic (exact) mass is 420 g/mol. The molecular formula is C24H25FN4O2. The fourth-order valence-corrected chi connectivity index (χ4v) is 4.62. The first-order chi connectivity index (χ1) is 15.1. The van der Waals surface area contributed by atoms with E-state index in [4.69, 9.17) is 9.51 Å². The summed E-state index contributed by atoms with van der Waals surface area (Å²) in [5, 5.41) is 4.35. The molecule has 1 saturated carbocycles. The Balaban J connectivity index is 1.40. The van der Waals surface area contributed by atoms with Gasteiger partial charge in [0.2, 0.25) is 5.91 Å². The van der Waals surface area contributed by atoms with E-state index in [1.807, 2.05) is 17.0 Å². The maximum Gasteiger partial charge on any atom is 0.259 e. The topological polar surface area (TPSA) is 72.1 Å². The Kier molecular flexibility index (Phi) is 5.26. The SMILES string of the molecule is O=C(Cc1ccccc1F)N1CCCC(CC2CC2)(c2noc(-c3cccnc3)n2)C1. The molecule has 3 heterocycles. The number of rotatable bonds is 6. The summed E-state index contributed by atoms with van der Waals surface area (Å²) in [4.78, 5) is 23.8. The van der Waals surface area contributed by atoms with Crippen LogP contribution < -0.4 is 0 Å². The van der Waals surface area contributed by atoms with Gasteiger partial charge in [0.1, 0.15) is 5.82 Å². The summed E-state index contributed by atoms with van der Waals surface area (Å²) in [5.41, 5.74) is 0.893. The first-order valence-corrected chi connectivity index (χ1v) is 10.9. The number of nitrogens with zero attached hydrogens (tertiary/aromatic N) is 4. The minimum Gasteiger partial charge on any atom is -0.341 e. The lowest BCUT2D eigenvalue weighted by atomic mass is 9.74. The van der Waals surface area contributed by atoms with Crippen LogP contribution in [0.5, 0.6) is 0 Å². The van der Waals surface area contributed by atoms with E-state index < -0.39 is 0 Å². The largest absolute Gasteiger partial charge is 0.341 e. The van der Waals surface area contributed by atoms with E-state index in [9.17, 15) is 9.18 Å². The van der Waals surface area contributed by atoms with E-state index in [1.54, 1.807) is 30.6 Å². The number of carbonyl (C=O) groups is 1.